The van der Waals surface area contributed by atoms with Crippen molar-refractivity contribution in [2.75, 3.05) is 13.6 Å². The van der Waals surface area contributed by atoms with Gasteiger partial charge in [-0.3, -0.25) is 0 Å². The molecule has 2 amide bonds. The number of benzene rings is 2. The van der Waals surface area contributed by atoms with Gasteiger partial charge in [-0.05, 0) is 36.2 Å². The number of hydrogen-bond acceptors (Lipinski definition) is 2. The first kappa shape index (κ1) is 16.0. The summed E-state index contributed by atoms with van der Waals surface area (Å²) in [5.74, 6) is 0.487. The average Bonchev–Trinajstić information content (AvgIpc) is 2.98. The number of carbonyl (C=O) groups excluding carboxylic acids is 1. The minimum absolute atomic E-state index is 0.169. The molecule has 0 unspecified atom stereocenters. The summed E-state index contributed by atoms with van der Waals surface area (Å²) in [4.78, 5) is 21.4. The first-order valence-corrected chi connectivity index (χ1v) is 7.79. The van der Waals surface area contributed by atoms with Gasteiger partial charge in [-0.1, -0.05) is 24.3 Å². The number of hydrogen-bond donors (Lipinski definition) is 2. The maximum Gasteiger partial charge on any atom is 0.317 e. The summed E-state index contributed by atoms with van der Waals surface area (Å²) >= 11 is 0. The highest BCUT2D eigenvalue weighted by Gasteiger charge is 2.11. The van der Waals surface area contributed by atoms with Crippen molar-refractivity contribution < 1.29 is 9.18 Å². The van der Waals surface area contributed by atoms with Crippen LogP contribution in [0.15, 0.2) is 48.5 Å². The standard InChI is InChI=1S/C18H19FN4O/c1-23(12-17-21-15-4-2-3-5-16(15)22-17)18(24)20-11-10-13-6-8-14(19)9-7-13/h2-9H,10-12H2,1H3,(H,20,24)(H,21,22). The van der Waals surface area contributed by atoms with Crippen LogP contribution >= 0.6 is 0 Å². The number of rotatable bonds is 5. The number of imidazole rings is 1. The lowest BCUT2D eigenvalue weighted by molar-refractivity contribution is 0.206. The van der Waals surface area contributed by atoms with E-state index >= 15 is 0 Å². The molecule has 0 bridgehead atoms. The van der Waals surface area contributed by atoms with Gasteiger partial charge in [-0.15, -0.1) is 0 Å². The number of aromatic nitrogens is 2. The van der Waals surface area contributed by atoms with E-state index in [2.05, 4.69) is 15.3 Å². The molecule has 2 N–H and O–H groups in total. The number of amides is 2. The van der Waals surface area contributed by atoms with Crippen molar-refractivity contribution in [3.05, 3.63) is 65.7 Å². The molecule has 0 atom stereocenters. The summed E-state index contributed by atoms with van der Waals surface area (Å²) in [6.07, 6.45) is 0.657. The number of nitrogens with zero attached hydrogens (tertiary/aromatic N) is 2. The predicted molar refractivity (Wildman–Crippen MR) is 91.1 cm³/mol. The third-order valence-electron chi connectivity index (χ3n) is 3.78. The van der Waals surface area contributed by atoms with Crippen LogP contribution in [0.2, 0.25) is 0 Å². The Morgan fingerprint density at radius 3 is 2.71 bits per heavy atom. The summed E-state index contributed by atoms with van der Waals surface area (Å²) in [7, 11) is 1.72. The molecule has 24 heavy (non-hydrogen) atoms. The lowest BCUT2D eigenvalue weighted by atomic mass is 10.1. The average molecular weight is 326 g/mol. The molecule has 1 heterocycles. The van der Waals surface area contributed by atoms with E-state index in [1.807, 2.05) is 24.3 Å². The molecule has 2 aromatic carbocycles. The number of H-pyrrole nitrogens is 1. The molecule has 0 radical (unpaired) electrons. The molecule has 3 aromatic rings. The van der Waals surface area contributed by atoms with Crippen LogP contribution in [0, 0.1) is 5.82 Å². The zero-order valence-corrected chi connectivity index (χ0v) is 13.4. The topological polar surface area (TPSA) is 61.0 Å². The van der Waals surface area contributed by atoms with Crippen LogP contribution in [0.1, 0.15) is 11.4 Å². The summed E-state index contributed by atoms with van der Waals surface area (Å²) in [5.41, 5.74) is 2.83. The molecule has 3 rings (SSSR count). The Balaban J connectivity index is 1.50. The van der Waals surface area contributed by atoms with Gasteiger partial charge in [0.1, 0.15) is 11.6 Å². The highest BCUT2D eigenvalue weighted by molar-refractivity contribution is 5.75. The molecule has 0 spiro atoms. The minimum Gasteiger partial charge on any atom is -0.340 e. The van der Waals surface area contributed by atoms with Crippen molar-refractivity contribution in [2.24, 2.45) is 0 Å². The van der Waals surface area contributed by atoms with E-state index in [-0.39, 0.29) is 11.8 Å². The van der Waals surface area contributed by atoms with Crippen LogP contribution in [-0.2, 0) is 13.0 Å². The zero-order chi connectivity index (χ0) is 16.9. The third kappa shape index (κ3) is 3.90. The van der Waals surface area contributed by atoms with E-state index < -0.39 is 0 Å². The monoisotopic (exact) mass is 326 g/mol. The van der Waals surface area contributed by atoms with E-state index in [1.54, 1.807) is 24.1 Å². The Kier molecular flexibility index (Phi) is 4.74. The maximum atomic E-state index is 12.8. The number of para-hydroxylation sites is 2. The zero-order valence-electron chi connectivity index (χ0n) is 13.4. The highest BCUT2D eigenvalue weighted by atomic mass is 19.1. The second-order valence-electron chi connectivity index (χ2n) is 5.67. The molecule has 0 aliphatic heterocycles. The first-order valence-electron chi connectivity index (χ1n) is 7.79. The number of urea groups is 1. The number of aromatic amines is 1. The molecule has 0 fully saturated rings. The Labute approximate surface area is 139 Å². The quantitative estimate of drug-likeness (QED) is 0.757. The van der Waals surface area contributed by atoms with Gasteiger partial charge < -0.3 is 15.2 Å². The van der Waals surface area contributed by atoms with Crippen molar-refractivity contribution in [1.82, 2.24) is 20.2 Å². The molecular formula is C18H19FN4O. The smallest absolute Gasteiger partial charge is 0.317 e. The molecule has 6 heteroatoms. The molecular weight excluding hydrogens is 307 g/mol. The third-order valence-corrected chi connectivity index (χ3v) is 3.78. The molecule has 0 saturated carbocycles. The number of carbonyl (C=O) groups is 1. The molecule has 0 aliphatic rings. The van der Waals surface area contributed by atoms with Crippen LogP contribution in [0.25, 0.3) is 11.0 Å². The minimum atomic E-state index is -0.256. The lowest BCUT2D eigenvalue weighted by Gasteiger charge is -2.16. The van der Waals surface area contributed by atoms with Crippen LogP contribution in [-0.4, -0.2) is 34.5 Å². The molecule has 5 nitrogen and oxygen atoms in total. The Morgan fingerprint density at radius 2 is 1.96 bits per heavy atom. The summed E-state index contributed by atoms with van der Waals surface area (Å²) < 4.78 is 12.8. The Bertz CT molecular complexity index is 795. The SMILES string of the molecule is CN(Cc1nc2ccccc2[nH]1)C(=O)NCCc1ccc(F)cc1. The van der Waals surface area contributed by atoms with Gasteiger partial charge in [-0.2, -0.15) is 0 Å². The van der Waals surface area contributed by atoms with E-state index in [0.29, 0.717) is 19.5 Å². The second kappa shape index (κ2) is 7.12. The van der Waals surface area contributed by atoms with Crippen molar-refractivity contribution in [3.8, 4) is 0 Å². The Morgan fingerprint density at radius 1 is 1.21 bits per heavy atom. The van der Waals surface area contributed by atoms with Gasteiger partial charge in [0.25, 0.3) is 0 Å². The van der Waals surface area contributed by atoms with Gasteiger partial charge in [0, 0.05) is 13.6 Å². The van der Waals surface area contributed by atoms with E-state index in [4.69, 9.17) is 0 Å². The van der Waals surface area contributed by atoms with E-state index in [1.165, 1.54) is 12.1 Å². The largest absolute Gasteiger partial charge is 0.340 e. The van der Waals surface area contributed by atoms with Gasteiger partial charge in [-0.25, -0.2) is 14.2 Å². The molecule has 1 aromatic heterocycles. The van der Waals surface area contributed by atoms with Crippen LogP contribution in [0.3, 0.4) is 0 Å². The van der Waals surface area contributed by atoms with Crippen molar-refractivity contribution in [1.29, 1.82) is 0 Å². The fraction of sp³-hybridized carbons (Fsp3) is 0.222. The lowest BCUT2D eigenvalue weighted by Crippen LogP contribution is -2.38. The summed E-state index contributed by atoms with van der Waals surface area (Å²) in [5, 5.41) is 2.85. The normalized spacial score (nSPS) is 10.8. The van der Waals surface area contributed by atoms with Crippen LogP contribution in [0.5, 0.6) is 0 Å². The fourth-order valence-corrected chi connectivity index (χ4v) is 2.48. The maximum absolute atomic E-state index is 12.8. The number of nitrogens with one attached hydrogen (secondary N) is 2. The van der Waals surface area contributed by atoms with E-state index in [9.17, 15) is 9.18 Å². The summed E-state index contributed by atoms with van der Waals surface area (Å²) in [6.45, 7) is 0.895. The fourth-order valence-electron chi connectivity index (χ4n) is 2.48. The number of halogens is 1. The Hall–Kier alpha value is -2.89. The first-order chi connectivity index (χ1) is 11.6. The highest BCUT2D eigenvalue weighted by Crippen LogP contribution is 2.11. The molecule has 124 valence electrons. The molecule has 0 aliphatic carbocycles. The van der Waals surface area contributed by atoms with Gasteiger partial charge in [0.2, 0.25) is 0 Å². The van der Waals surface area contributed by atoms with Crippen LogP contribution in [0.4, 0.5) is 9.18 Å². The molecule has 0 saturated heterocycles. The summed E-state index contributed by atoms with van der Waals surface area (Å²) in [6, 6.07) is 13.9. The van der Waals surface area contributed by atoms with Crippen molar-refractivity contribution in [2.45, 2.75) is 13.0 Å². The van der Waals surface area contributed by atoms with Crippen LogP contribution < -0.4 is 5.32 Å². The predicted octanol–water partition coefficient (Wildman–Crippen LogP) is 3.09. The van der Waals surface area contributed by atoms with Crippen molar-refractivity contribution >= 4 is 17.1 Å². The number of fused-ring (bicyclic) bond motifs is 1. The van der Waals surface area contributed by atoms with E-state index in [0.717, 1.165) is 22.4 Å². The van der Waals surface area contributed by atoms with Gasteiger partial charge >= 0.3 is 6.03 Å². The van der Waals surface area contributed by atoms with Gasteiger partial charge in [0.05, 0.1) is 17.6 Å². The van der Waals surface area contributed by atoms with Crippen molar-refractivity contribution in [3.63, 3.8) is 0 Å². The second-order valence-corrected chi connectivity index (χ2v) is 5.67. The van der Waals surface area contributed by atoms with Gasteiger partial charge in [0.15, 0.2) is 0 Å².